The van der Waals surface area contributed by atoms with Gasteiger partial charge in [0.25, 0.3) is 0 Å². The van der Waals surface area contributed by atoms with Crippen LogP contribution in [-0.4, -0.2) is 13.7 Å². The zero-order valence-corrected chi connectivity index (χ0v) is 23.4. The molecule has 37 heavy (non-hydrogen) atoms. The van der Waals surface area contributed by atoms with Gasteiger partial charge in [-0.1, -0.05) is 44.4 Å². The third-order valence-electron chi connectivity index (χ3n) is 6.83. The maximum Gasteiger partial charge on any atom is 0.152 e. The molecule has 0 aliphatic heterocycles. The van der Waals surface area contributed by atoms with Gasteiger partial charge in [-0.05, 0) is 94.1 Å². The van der Waals surface area contributed by atoms with Crippen molar-refractivity contribution in [2.75, 3.05) is 24.3 Å². The SMILES string of the molecule is C=C=C(Nc1ccc(C)c(CF)c1)Nc1ccc(OCC)c(C(NC)NC(=C)/C(C)=C(\C)C(C)CC)c1. The third-order valence-corrected chi connectivity index (χ3v) is 6.83. The van der Waals surface area contributed by atoms with Crippen molar-refractivity contribution in [1.29, 1.82) is 0 Å². The van der Waals surface area contributed by atoms with Gasteiger partial charge in [-0.2, -0.15) is 0 Å². The molecule has 0 radical (unpaired) electrons. The molecule has 4 N–H and O–H groups in total. The van der Waals surface area contributed by atoms with E-state index in [2.05, 4.69) is 67.9 Å². The normalized spacial score (nSPS) is 13.1. The van der Waals surface area contributed by atoms with Crippen LogP contribution >= 0.6 is 0 Å². The number of nitrogens with one attached hydrogen (secondary N) is 4. The summed E-state index contributed by atoms with van der Waals surface area (Å²) < 4.78 is 19.3. The highest BCUT2D eigenvalue weighted by Gasteiger charge is 2.18. The summed E-state index contributed by atoms with van der Waals surface area (Å²) in [5.74, 6) is 1.82. The van der Waals surface area contributed by atoms with Crippen molar-refractivity contribution in [3.05, 3.63) is 94.6 Å². The summed E-state index contributed by atoms with van der Waals surface area (Å²) in [4.78, 5) is 0. The summed E-state index contributed by atoms with van der Waals surface area (Å²) in [7, 11) is 1.90. The number of halogens is 1. The molecule has 5 nitrogen and oxygen atoms in total. The molecule has 0 amide bonds. The Balaban J connectivity index is 2.33. The minimum absolute atomic E-state index is 0.233. The summed E-state index contributed by atoms with van der Waals surface area (Å²) in [5.41, 5.74) is 10.3. The lowest BCUT2D eigenvalue weighted by molar-refractivity contribution is 0.330. The molecule has 0 aliphatic rings. The molecule has 0 spiro atoms. The number of alkyl halides is 1. The van der Waals surface area contributed by atoms with Gasteiger partial charge >= 0.3 is 0 Å². The van der Waals surface area contributed by atoms with E-state index in [-0.39, 0.29) is 6.17 Å². The number of hydrogen-bond donors (Lipinski definition) is 4. The van der Waals surface area contributed by atoms with E-state index in [0.29, 0.717) is 23.9 Å². The van der Waals surface area contributed by atoms with Gasteiger partial charge in [-0.3, -0.25) is 5.32 Å². The lowest BCUT2D eigenvalue weighted by Crippen LogP contribution is -2.32. The number of anilines is 2. The Labute approximate surface area is 222 Å². The summed E-state index contributed by atoms with van der Waals surface area (Å²) in [6.07, 6.45) is 0.850. The third kappa shape index (κ3) is 8.01. The average Bonchev–Trinajstić information content (AvgIpc) is 2.91. The van der Waals surface area contributed by atoms with Crippen molar-refractivity contribution in [1.82, 2.24) is 10.6 Å². The fraction of sp³-hybridized carbons (Fsp3) is 0.387. The van der Waals surface area contributed by atoms with Crippen LogP contribution in [0.1, 0.15) is 63.9 Å². The Morgan fingerprint density at radius 3 is 2.30 bits per heavy atom. The minimum atomic E-state index is -0.514. The number of hydrogen-bond acceptors (Lipinski definition) is 5. The number of aryl methyl sites for hydroxylation is 1. The molecule has 0 saturated carbocycles. The maximum absolute atomic E-state index is 13.3. The van der Waals surface area contributed by atoms with Crippen LogP contribution in [-0.2, 0) is 6.67 Å². The van der Waals surface area contributed by atoms with Crippen molar-refractivity contribution in [3.8, 4) is 5.75 Å². The van der Waals surface area contributed by atoms with Crippen molar-refractivity contribution in [2.45, 2.75) is 60.8 Å². The molecule has 2 unspecified atom stereocenters. The second kappa shape index (κ2) is 14.3. The van der Waals surface area contributed by atoms with Gasteiger partial charge in [0.2, 0.25) is 0 Å². The van der Waals surface area contributed by atoms with E-state index < -0.39 is 6.67 Å². The molecule has 0 aliphatic carbocycles. The monoisotopic (exact) mass is 506 g/mol. The summed E-state index contributed by atoms with van der Waals surface area (Å²) in [6, 6.07) is 11.5. The molecule has 0 fully saturated rings. The molecule has 2 atom stereocenters. The molecular weight excluding hydrogens is 463 g/mol. The Morgan fingerprint density at radius 2 is 1.73 bits per heavy atom. The van der Waals surface area contributed by atoms with Gasteiger partial charge in [0, 0.05) is 22.6 Å². The molecule has 6 heteroatoms. The predicted octanol–water partition coefficient (Wildman–Crippen LogP) is 7.72. The van der Waals surface area contributed by atoms with Crippen LogP contribution in [0, 0.1) is 12.8 Å². The topological polar surface area (TPSA) is 57.4 Å². The van der Waals surface area contributed by atoms with Crippen LogP contribution in [0.3, 0.4) is 0 Å². The van der Waals surface area contributed by atoms with E-state index in [1.807, 2.05) is 51.2 Å². The predicted molar refractivity (Wildman–Crippen MR) is 155 cm³/mol. The lowest BCUT2D eigenvalue weighted by atomic mass is 9.94. The van der Waals surface area contributed by atoms with Gasteiger partial charge < -0.3 is 20.7 Å². The van der Waals surface area contributed by atoms with Gasteiger partial charge in [-0.25, -0.2) is 4.39 Å². The van der Waals surface area contributed by atoms with Crippen LogP contribution in [0.5, 0.6) is 5.75 Å². The number of rotatable bonds is 14. The zero-order valence-electron chi connectivity index (χ0n) is 23.4. The molecule has 0 bridgehead atoms. The van der Waals surface area contributed by atoms with Crippen LogP contribution in [0.25, 0.3) is 0 Å². The highest BCUT2D eigenvalue weighted by atomic mass is 19.1. The van der Waals surface area contributed by atoms with E-state index in [9.17, 15) is 4.39 Å². The van der Waals surface area contributed by atoms with Crippen LogP contribution in [0.4, 0.5) is 15.8 Å². The molecular formula is C31H43FN4O. The Kier molecular flexibility index (Phi) is 11.5. The average molecular weight is 507 g/mol. The fourth-order valence-corrected chi connectivity index (χ4v) is 3.94. The van der Waals surface area contributed by atoms with E-state index >= 15 is 0 Å². The van der Waals surface area contributed by atoms with Crippen molar-refractivity contribution in [2.24, 2.45) is 5.92 Å². The van der Waals surface area contributed by atoms with Gasteiger partial charge in [0.1, 0.15) is 18.6 Å². The first kappa shape index (κ1) is 29.8. The largest absolute Gasteiger partial charge is 0.493 e. The minimum Gasteiger partial charge on any atom is -0.493 e. The van der Waals surface area contributed by atoms with Crippen molar-refractivity contribution < 1.29 is 9.13 Å². The molecule has 0 aromatic heterocycles. The summed E-state index contributed by atoms with van der Waals surface area (Å²) >= 11 is 0. The second-order valence-corrected chi connectivity index (χ2v) is 9.22. The summed E-state index contributed by atoms with van der Waals surface area (Å²) in [5, 5.41) is 13.5. The Morgan fingerprint density at radius 1 is 1.08 bits per heavy atom. The first-order chi connectivity index (χ1) is 17.7. The van der Waals surface area contributed by atoms with E-state index in [4.69, 9.17) is 4.74 Å². The van der Waals surface area contributed by atoms with Gasteiger partial charge in [0.05, 0.1) is 6.61 Å². The van der Waals surface area contributed by atoms with Crippen molar-refractivity contribution >= 4 is 11.4 Å². The number of ether oxygens (including phenoxy) is 1. The molecule has 2 rings (SSSR count). The number of benzene rings is 2. The van der Waals surface area contributed by atoms with Crippen LogP contribution in [0.2, 0.25) is 0 Å². The quantitative estimate of drug-likeness (QED) is 0.120. The Bertz CT molecular complexity index is 1160. The second-order valence-electron chi connectivity index (χ2n) is 9.22. The number of allylic oxidation sites excluding steroid dienone is 2. The molecule has 0 heterocycles. The fourth-order valence-electron chi connectivity index (χ4n) is 3.94. The molecule has 2 aromatic rings. The lowest BCUT2D eigenvalue weighted by Gasteiger charge is -2.26. The van der Waals surface area contributed by atoms with E-state index in [1.165, 1.54) is 5.57 Å². The first-order valence-corrected chi connectivity index (χ1v) is 12.9. The standard InChI is InChI=1S/C31H43FN4O/c1-10-20(4)22(6)23(7)24(8)34-31(33-9)28-18-27(15-16-29(28)37-12-3)36-30(11-2)35-26-14-13-21(5)25(17-26)19-32/h13-18,20,31,33-36H,2,8,10,12,19H2,1,3-7,9H3/b23-22+. The first-order valence-electron chi connectivity index (χ1n) is 12.9. The highest BCUT2D eigenvalue weighted by Crippen LogP contribution is 2.30. The van der Waals surface area contributed by atoms with Gasteiger partial charge in [0.15, 0.2) is 5.82 Å². The molecule has 0 saturated heterocycles. The van der Waals surface area contributed by atoms with E-state index in [0.717, 1.165) is 45.9 Å². The highest BCUT2D eigenvalue weighted by molar-refractivity contribution is 5.60. The van der Waals surface area contributed by atoms with Crippen molar-refractivity contribution in [3.63, 3.8) is 0 Å². The van der Waals surface area contributed by atoms with Gasteiger partial charge in [-0.15, -0.1) is 0 Å². The molecule has 200 valence electrons. The Hall–Kier alpha value is -3.47. The van der Waals surface area contributed by atoms with Crippen LogP contribution in [0.15, 0.2) is 78.0 Å². The summed E-state index contributed by atoms with van der Waals surface area (Å²) in [6.45, 7) is 20.7. The maximum atomic E-state index is 13.3. The smallest absolute Gasteiger partial charge is 0.152 e. The van der Waals surface area contributed by atoms with E-state index in [1.54, 1.807) is 6.07 Å². The van der Waals surface area contributed by atoms with Crippen LogP contribution < -0.4 is 26.0 Å². The zero-order chi connectivity index (χ0) is 27.5. The molecule has 2 aromatic carbocycles.